The second-order valence-corrected chi connectivity index (χ2v) is 5.74. The summed E-state index contributed by atoms with van der Waals surface area (Å²) in [6.07, 6.45) is 4.58. The van der Waals surface area contributed by atoms with Gasteiger partial charge in [0.15, 0.2) is 0 Å². The average molecular weight is 295 g/mol. The summed E-state index contributed by atoms with van der Waals surface area (Å²) < 4.78 is 25.2. The Bertz CT molecular complexity index is 625. The fourth-order valence-corrected chi connectivity index (χ4v) is 1.97. The Kier molecular flexibility index (Phi) is 4.62. The van der Waals surface area contributed by atoms with Crippen LogP contribution in [0.1, 0.15) is 10.4 Å². The minimum Gasteiger partial charge on any atom is -0.351 e. The molecule has 0 unspecified atom stereocenters. The van der Waals surface area contributed by atoms with Crippen LogP contribution in [0, 0.1) is 5.82 Å². The fourth-order valence-electron chi connectivity index (χ4n) is 1.59. The summed E-state index contributed by atoms with van der Waals surface area (Å²) in [5, 5.41) is 6.71. The molecule has 1 aromatic carbocycles. The fraction of sp³-hybridized carbons (Fsp3) is 0.231. The summed E-state index contributed by atoms with van der Waals surface area (Å²) in [5.74, 6) is -0.187. The Morgan fingerprint density at radius 3 is 2.75 bits per heavy atom. The lowest BCUT2D eigenvalue weighted by Gasteiger charge is -2.01. The van der Waals surface area contributed by atoms with Gasteiger partial charge >= 0.3 is 0 Å². The van der Waals surface area contributed by atoms with Crippen LogP contribution in [-0.4, -0.2) is 38.4 Å². The zero-order valence-corrected chi connectivity index (χ0v) is 11.7. The molecule has 20 heavy (non-hydrogen) atoms. The van der Waals surface area contributed by atoms with Crippen LogP contribution in [0.2, 0.25) is 0 Å². The van der Waals surface area contributed by atoms with Crippen molar-refractivity contribution in [1.29, 1.82) is 0 Å². The molecule has 0 radical (unpaired) electrons. The number of hydrogen-bond acceptors (Lipinski definition) is 3. The number of carbonyl (C=O) groups excluding carboxylic acids is 1. The number of hydrogen-bond donors (Lipinski definition) is 1. The molecule has 0 saturated carbocycles. The highest BCUT2D eigenvalue weighted by Gasteiger charge is 2.09. The van der Waals surface area contributed by atoms with E-state index in [1.807, 2.05) is 0 Å². The Morgan fingerprint density at radius 1 is 1.40 bits per heavy atom. The molecule has 0 spiro atoms. The zero-order chi connectivity index (χ0) is 14.5. The van der Waals surface area contributed by atoms with Gasteiger partial charge in [-0.1, -0.05) is 0 Å². The number of carbonyl (C=O) groups is 1. The van der Waals surface area contributed by atoms with Gasteiger partial charge in [-0.15, -0.1) is 0 Å². The molecule has 0 fully saturated rings. The minimum absolute atomic E-state index is 0.274. The number of benzene rings is 1. The topological polar surface area (TPSA) is 64.0 Å². The predicted octanol–water partition coefficient (Wildman–Crippen LogP) is 1.12. The smallest absolute Gasteiger partial charge is 0.254 e. The molecule has 1 aromatic heterocycles. The number of rotatable bonds is 5. The van der Waals surface area contributed by atoms with Crippen LogP contribution in [-0.2, 0) is 10.8 Å². The standard InChI is InChI=1S/C13H14FN3O2S/c1-20(19)7-6-15-13(18)10-8-16-17(9-10)12-4-2-11(14)3-5-12/h2-5,8-9H,6-7H2,1H3,(H,15,18)/t20-/m0/s1. The van der Waals surface area contributed by atoms with E-state index in [9.17, 15) is 13.4 Å². The van der Waals surface area contributed by atoms with Crippen molar-refractivity contribution in [2.45, 2.75) is 0 Å². The molecule has 0 aliphatic carbocycles. The summed E-state index contributed by atoms with van der Waals surface area (Å²) in [7, 11) is -0.936. The highest BCUT2D eigenvalue weighted by molar-refractivity contribution is 7.84. The third-order valence-electron chi connectivity index (χ3n) is 2.61. The average Bonchev–Trinajstić information content (AvgIpc) is 2.88. The molecule has 0 bridgehead atoms. The first-order valence-corrected chi connectivity index (χ1v) is 7.68. The molecule has 1 atom stereocenters. The molecular formula is C13H14FN3O2S. The summed E-state index contributed by atoms with van der Waals surface area (Å²) in [4.78, 5) is 11.8. The summed E-state index contributed by atoms with van der Waals surface area (Å²) in [6.45, 7) is 0.351. The van der Waals surface area contributed by atoms with Crippen molar-refractivity contribution in [2.75, 3.05) is 18.6 Å². The first-order valence-electron chi connectivity index (χ1n) is 5.95. The lowest BCUT2D eigenvalue weighted by molar-refractivity contribution is 0.0956. The van der Waals surface area contributed by atoms with Gasteiger partial charge in [0, 0.05) is 35.5 Å². The quantitative estimate of drug-likeness (QED) is 0.899. The minimum atomic E-state index is -0.936. The summed E-state index contributed by atoms with van der Waals surface area (Å²) >= 11 is 0. The van der Waals surface area contributed by atoms with E-state index in [-0.39, 0.29) is 11.7 Å². The number of amides is 1. The van der Waals surface area contributed by atoms with E-state index >= 15 is 0 Å². The van der Waals surface area contributed by atoms with Crippen LogP contribution in [0.4, 0.5) is 4.39 Å². The maximum absolute atomic E-state index is 12.8. The number of nitrogens with one attached hydrogen (secondary N) is 1. The van der Waals surface area contributed by atoms with Crippen molar-refractivity contribution in [3.63, 3.8) is 0 Å². The van der Waals surface area contributed by atoms with Crippen molar-refractivity contribution in [3.05, 3.63) is 48.0 Å². The molecule has 2 rings (SSSR count). The number of halogens is 1. The molecule has 0 aliphatic rings. The Hall–Kier alpha value is -2.02. The van der Waals surface area contributed by atoms with Crippen LogP contribution < -0.4 is 5.32 Å². The predicted molar refractivity (Wildman–Crippen MR) is 74.8 cm³/mol. The van der Waals surface area contributed by atoms with E-state index in [1.54, 1.807) is 24.6 Å². The van der Waals surface area contributed by atoms with Crippen molar-refractivity contribution in [3.8, 4) is 5.69 Å². The van der Waals surface area contributed by atoms with Crippen LogP contribution in [0.5, 0.6) is 0 Å². The molecule has 0 aliphatic heterocycles. The number of aromatic nitrogens is 2. The van der Waals surface area contributed by atoms with Crippen molar-refractivity contribution in [1.82, 2.24) is 15.1 Å². The van der Waals surface area contributed by atoms with Gasteiger partial charge in [-0.05, 0) is 24.3 Å². The van der Waals surface area contributed by atoms with E-state index in [2.05, 4.69) is 10.4 Å². The van der Waals surface area contributed by atoms with Crippen molar-refractivity contribution in [2.24, 2.45) is 0 Å². The summed E-state index contributed by atoms with van der Waals surface area (Å²) in [5.41, 5.74) is 1.07. The molecule has 1 N–H and O–H groups in total. The first-order chi connectivity index (χ1) is 9.56. The van der Waals surface area contributed by atoms with Crippen LogP contribution in [0.15, 0.2) is 36.7 Å². The van der Waals surface area contributed by atoms with Gasteiger partial charge in [-0.25, -0.2) is 9.07 Å². The third-order valence-corrected chi connectivity index (χ3v) is 3.39. The molecule has 0 saturated heterocycles. The van der Waals surface area contributed by atoms with Crippen LogP contribution >= 0.6 is 0 Å². The van der Waals surface area contributed by atoms with Crippen LogP contribution in [0.3, 0.4) is 0 Å². The second kappa shape index (κ2) is 6.42. The van der Waals surface area contributed by atoms with E-state index in [0.717, 1.165) is 0 Å². The van der Waals surface area contributed by atoms with Gasteiger partial charge in [0.25, 0.3) is 5.91 Å². The van der Waals surface area contributed by atoms with Gasteiger partial charge in [0.05, 0.1) is 17.4 Å². The molecule has 2 aromatic rings. The highest BCUT2D eigenvalue weighted by Crippen LogP contribution is 2.09. The van der Waals surface area contributed by atoms with Gasteiger partial charge in [-0.2, -0.15) is 5.10 Å². The van der Waals surface area contributed by atoms with Crippen molar-refractivity contribution < 1.29 is 13.4 Å². The Labute approximate surface area is 118 Å². The third kappa shape index (κ3) is 3.74. The van der Waals surface area contributed by atoms with Gasteiger partial charge in [0.1, 0.15) is 5.82 Å². The van der Waals surface area contributed by atoms with E-state index in [1.165, 1.54) is 23.0 Å². The van der Waals surface area contributed by atoms with Gasteiger partial charge < -0.3 is 5.32 Å². The van der Waals surface area contributed by atoms with Crippen LogP contribution in [0.25, 0.3) is 5.69 Å². The van der Waals surface area contributed by atoms with Crippen molar-refractivity contribution >= 4 is 16.7 Å². The molecule has 5 nitrogen and oxygen atoms in total. The maximum atomic E-state index is 12.8. The molecular weight excluding hydrogens is 281 g/mol. The van der Waals surface area contributed by atoms with E-state index in [0.29, 0.717) is 23.5 Å². The molecule has 1 heterocycles. The maximum Gasteiger partial charge on any atom is 0.254 e. The normalized spacial score (nSPS) is 12.1. The zero-order valence-electron chi connectivity index (χ0n) is 10.9. The molecule has 1 amide bonds. The molecule has 106 valence electrons. The molecule has 7 heteroatoms. The number of nitrogens with zero attached hydrogens (tertiary/aromatic N) is 2. The first kappa shape index (κ1) is 14.4. The summed E-state index contributed by atoms with van der Waals surface area (Å²) in [6, 6.07) is 5.80. The lowest BCUT2D eigenvalue weighted by atomic mass is 10.3. The van der Waals surface area contributed by atoms with E-state index < -0.39 is 10.8 Å². The SMILES string of the molecule is C[S@](=O)CCNC(=O)c1cnn(-c2ccc(F)cc2)c1. The van der Waals surface area contributed by atoms with Gasteiger partial charge in [-0.3, -0.25) is 9.00 Å². The Balaban J connectivity index is 2.03. The van der Waals surface area contributed by atoms with Gasteiger partial charge in [0.2, 0.25) is 0 Å². The second-order valence-electron chi connectivity index (χ2n) is 4.18. The largest absolute Gasteiger partial charge is 0.351 e. The monoisotopic (exact) mass is 295 g/mol. The highest BCUT2D eigenvalue weighted by atomic mass is 32.2. The van der Waals surface area contributed by atoms with E-state index in [4.69, 9.17) is 0 Å². The lowest BCUT2D eigenvalue weighted by Crippen LogP contribution is -2.27. The Morgan fingerprint density at radius 2 is 2.10 bits per heavy atom.